The van der Waals surface area contributed by atoms with Gasteiger partial charge in [0.1, 0.15) is 6.61 Å². The molecule has 0 radical (unpaired) electrons. The van der Waals surface area contributed by atoms with Gasteiger partial charge in [0, 0.05) is 19.7 Å². The van der Waals surface area contributed by atoms with Gasteiger partial charge >= 0.3 is 0 Å². The lowest BCUT2D eigenvalue weighted by Gasteiger charge is -2.44. The number of rotatable bonds is 7. The average Bonchev–Trinajstić information content (AvgIpc) is 2.84. The molecule has 0 saturated carbocycles. The molecule has 8 nitrogen and oxygen atoms in total. The molecule has 2 amide bonds. The predicted octanol–water partition coefficient (Wildman–Crippen LogP) is -0.799. The largest absolute Gasteiger partial charge is 0.372 e. The van der Waals surface area contributed by atoms with Crippen LogP contribution in [0.3, 0.4) is 0 Å². The summed E-state index contributed by atoms with van der Waals surface area (Å²) in [5.41, 5.74) is 0. The van der Waals surface area contributed by atoms with Crippen LogP contribution in [0.25, 0.3) is 0 Å². The number of hydrogen-bond acceptors (Lipinski definition) is 6. The van der Waals surface area contributed by atoms with Crippen LogP contribution in [-0.4, -0.2) is 105 Å². The molecule has 0 N–H and O–H groups in total. The minimum absolute atomic E-state index is 0.0328. The van der Waals surface area contributed by atoms with Crippen LogP contribution < -0.4 is 0 Å². The Morgan fingerprint density at radius 3 is 2.16 bits per heavy atom. The first-order valence-electron chi connectivity index (χ1n) is 8.77. The van der Waals surface area contributed by atoms with Crippen molar-refractivity contribution in [2.24, 2.45) is 0 Å². The fourth-order valence-corrected chi connectivity index (χ4v) is 5.40. The zero-order valence-corrected chi connectivity index (χ0v) is 16.1. The summed E-state index contributed by atoms with van der Waals surface area (Å²) in [6.45, 7) is 3.49. The Labute approximate surface area is 150 Å². The molecule has 2 atom stereocenters. The van der Waals surface area contributed by atoms with Crippen LogP contribution in [0.4, 0.5) is 0 Å². The fraction of sp³-hybridized carbons (Fsp3) is 0.875. The van der Waals surface area contributed by atoms with Gasteiger partial charge in [-0.1, -0.05) is 13.3 Å². The second-order valence-electron chi connectivity index (χ2n) is 7.03. The zero-order valence-electron chi connectivity index (χ0n) is 15.3. The molecule has 0 aromatic carbocycles. The van der Waals surface area contributed by atoms with Gasteiger partial charge in [-0.15, -0.1) is 0 Å². The van der Waals surface area contributed by atoms with Crippen molar-refractivity contribution in [2.75, 3.05) is 58.4 Å². The van der Waals surface area contributed by atoms with E-state index in [4.69, 9.17) is 4.74 Å². The highest BCUT2D eigenvalue weighted by atomic mass is 32.2. The van der Waals surface area contributed by atoms with Crippen molar-refractivity contribution in [3.05, 3.63) is 0 Å². The molecule has 0 aliphatic carbocycles. The molecular weight excluding hydrogens is 346 g/mol. The van der Waals surface area contributed by atoms with Crippen molar-refractivity contribution in [1.82, 2.24) is 14.7 Å². The zero-order chi connectivity index (χ0) is 18.6. The lowest BCUT2D eigenvalue weighted by Crippen LogP contribution is -2.63. The lowest BCUT2D eigenvalue weighted by molar-refractivity contribution is -0.148. The van der Waals surface area contributed by atoms with Crippen LogP contribution >= 0.6 is 0 Å². The van der Waals surface area contributed by atoms with Gasteiger partial charge in [0.2, 0.25) is 11.8 Å². The van der Waals surface area contributed by atoms with Gasteiger partial charge in [0.05, 0.1) is 30.1 Å². The third kappa shape index (κ3) is 5.15. The van der Waals surface area contributed by atoms with E-state index >= 15 is 0 Å². The van der Waals surface area contributed by atoms with Crippen LogP contribution in [0.5, 0.6) is 0 Å². The molecular formula is C16H29N3O5S. The standard InChI is InChI=1S/C16H29N3O5S/c1-4-5-8-24-10-16(21)19-7-6-18(15(20)9-17(2)3)13-11-25(22,23)12-14(13)19/h13-14H,4-12H2,1-3H3/t13-,14+/m1/s1. The molecule has 2 heterocycles. The molecule has 0 aromatic rings. The van der Waals surface area contributed by atoms with Crippen LogP contribution in [0, 0.1) is 0 Å². The lowest BCUT2D eigenvalue weighted by atomic mass is 10.0. The third-order valence-electron chi connectivity index (χ3n) is 4.64. The second-order valence-corrected chi connectivity index (χ2v) is 9.18. The predicted molar refractivity (Wildman–Crippen MR) is 93.9 cm³/mol. The van der Waals surface area contributed by atoms with Gasteiger partial charge in [-0.05, 0) is 20.5 Å². The summed E-state index contributed by atoms with van der Waals surface area (Å²) in [7, 11) is 0.338. The van der Waals surface area contributed by atoms with Crippen LogP contribution in [0.15, 0.2) is 0 Å². The van der Waals surface area contributed by atoms with E-state index in [9.17, 15) is 18.0 Å². The Hall–Kier alpha value is -1.19. The van der Waals surface area contributed by atoms with Gasteiger partial charge in [-0.25, -0.2) is 8.42 Å². The maximum absolute atomic E-state index is 12.5. The van der Waals surface area contributed by atoms with E-state index in [2.05, 4.69) is 0 Å². The Balaban J connectivity index is 2.06. The van der Waals surface area contributed by atoms with Gasteiger partial charge in [-0.2, -0.15) is 0 Å². The fourth-order valence-electron chi connectivity index (χ4n) is 3.42. The molecule has 2 rings (SSSR count). The normalized spacial score (nSPS) is 25.3. The summed E-state index contributed by atoms with van der Waals surface area (Å²) in [6, 6.07) is -0.919. The second kappa shape index (κ2) is 8.46. The van der Waals surface area contributed by atoms with Gasteiger partial charge in [0.15, 0.2) is 9.84 Å². The highest BCUT2D eigenvalue weighted by Crippen LogP contribution is 2.27. The number of hydrogen-bond donors (Lipinski definition) is 0. The Morgan fingerprint density at radius 2 is 1.64 bits per heavy atom. The highest BCUT2D eigenvalue weighted by molar-refractivity contribution is 7.91. The number of likely N-dealkylation sites (N-methyl/N-ethyl adjacent to an activating group) is 1. The molecule has 2 fully saturated rings. The summed E-state index contributed by atoms with van der Waals surface area (Å²) in [6.07, 6.45) is 1.88. The molecule has 0 spiro atoms. The molecule has 2 aliphatic rings. The molecule has 0 aromatic heterocycles. The van der Waals surface area contributed by atoms with Gasteiger partial charge < -0.3 is 19.4 Å². The topological polar surface area (TPSA) is 87.2 Å². The van der Waals surface area contributed by atoms with Gasteiger partial charge in [-0.3, -0.25) is 9.59 Å². The van der Waals surface area contributed by atoms with E-state index in [1.165, 1.54) is 0 Å². The van der Waals surface area contributed by atoms with Crippen molar-refractivity contribution < 1.29 is 22.7 Å². The number of unbranched alkanes of at least 4 members (excludes halogenated alkanes) is 1. The molecule has 9 heteroatoms. The molecule has 144 valence electrons. The van der Waals surface area contributed by atoms with E-state index < -0.39 is 21.9 Å². The van der Waals surface area contributed by atoms with E-state index in [1.807, 2.05) is 6.92 Å². The maximum Gasteiger partial charge on any atom is 0.248 e. The number of carbonyl (C=O) groups is 2. The maximum atomic E-state index is 12.5. The van der Waals surface area contributed by atoms with E-state index in [1.54, 1.807) is 28.8 Å². The summed E-state index contributed by atoms with van der Waals surface area (Å²) in [5, 5.41) is 0. The summed E-state index contributed by atoms with van der Waals surface area (Å²) in [5.74, 6) is -0.437. The molecule has 2 aliphatic heterocycles. The Kier molecular flexibility index (Phi) is 6.81. The first-order chi connectivity index (χ1) is 11.7. The number of sulfone groups is 1. The molecule has 2 saturated heterocycles. The van der Waals surface area contributed by atoms with Crippen molar-refractivity contribution in [1.29, 1.82) is 0 Å². The van der Waals surface area contributed by atoms with E-state index in [0.717, 1.165) is 12.8 Å². The van der Waals surface area contributed by atoms with E-state index in [-0.39, 0.29) is 36.5 Å². The number of nitrogens with zero attached hydrogens (tertiary/aromatic N) is 3. The van der Waals surface area contributed by atoms with Crippen LogP contribution in [-0.2, 0) is 24.2 Å². The average molecular weight is 375 g/mol. The number of carbonyl (C=O) groups excluding carboxylic acids is 2. The molecule has 0 unspecified atom stereocenters. The number of piperazine rings is 1. The Morgan fingerprint density at radius 1 is 1.08 bits per heavy atom. The quantitative estimate of drug-likeness (QED) is 0.542. The Bertz CT molecular complexity index is 593. The van der Waals surface area contributed by atoms with Crippen molar-refractivity contribution in [3.8, 4) is 0 Å². The summed E-state index contributed by atoms with van der Waals surface area (Å²) in [4.78, 5) is 29.9. The van der Waals surface area contributed by atoms with Crippen molar-refractivity contribution in [2.45, 2.75) is 31.8 Å². The monoisotopic (exact) mass is 375 g/mol. The minimum Gasteiger partial charge on any atom is -0.372 e. The first-order valence-corrected chi connectivity index (χ1v) is 10.6. The van der Waals surface area contributed by atoms with E-state index in [0.29, 0.717) is 19.7 Å². The number of amides is 2. The van der Waals surface area contributed by atoms with Crippen LogP contribution in [0.1, 0.15) is 19.8 Å². The third-order valence-corrected chi connectivity index (χ3v) is 6.33. The van der Waals surface area contributed by atoms with Crippen LogP contribution in [0.2, 0.25) is 0 Å². The van der Waals surface area contributed by atoms with Crippen molar-refractivity contribution >= 4 is 21.7 Å². The summed E-state index contributed by atoms with van der Waals surface area (Å²) < 4.78 is 29.7. The van der Waals surface area contributed by atoms with Crippen molar-refractivity contribution in [3.63, 3.8) is 0 Å². The highest BCUT2D eigenvalue weighted by Gasteiger charge is 2.49. The smallest absolute Gasteiger partial charge is 0.248 e. The first kappa shape index (κ1) is 20.1. The molecule has 0 bridgehead atoms. The van der Waals surface area contributed by atoms with Gasteiger partial charge in [0.25, 0.3) is 0 Å². The SMILES string of the molecule is CCCCOCC(=O)N1CCN(C(=O)CN(C)C)[C@@H]2CS(=O)(=O)C[C@@H]21. The molecule has 25 heavy (non-hydrogen) atoms. The minimum atomic E-state index is -3.26. The number of ether oxygens (including phenoxy) is 1. The summed E-state index contributed by atoms with van der Waals surface area (Å²) >= 11 is 0. The number of fused-ring (bicyclic) bond motifs is 1.